The smallest absolute Gasteiger partial charge is 0.287 e. The number of halogens is 1. The molecule has 0 bridgehead atoms. The van der Waals surface area contributed by atoms with E-state index in [0.717, 1.165) is 12.0 Å². The van der Waals surface area contributed by atoms with E-state index >= 15 is 0 Å². The van der Waals surface area contributed by atoms with Gasteiger partial charge in [-0.2, -0.15) is 0 Å². The second-order valence-corrected chi connectivity index (χ2v) is 5.03. The lowest BCUT2D eigenvalue weighted by Gasteiger charge is -2.06. The SMILES string of the molecule is Cc1ccccc1CCNC(=O)c1cc(CCl)c(C)o1. The van der Waals surface area contributed by atoms with Crippen LogP contribution in [0, 0.1) is 13.8 Å². The maximum Gasteiger partial charge on any atom is 0.287 e. The van der Waals surface area contributed by atoms with Gasteiger partial charge in [0, 0.05) is 12.1 Å². The van der Waals surface area contributed by atoms with Crippen molar-refractivity contribution in [3.8, 4) is 0 Å². The summed E-state index contributed by atoms with van der Waals surface area (Å²) >= 11 is 5.76. The van der Waals surface area contributed by atoms with Crippen molar-refractivity contribution in [2.24, 2.45) is 0 Å². The van der Waals surface area contributed by atoms with Gasteiger partial charge in [0.25, 0.3) is 5.91 Å². The number of carbonyl (C=O) groups is 1. The number of rotatable bonds is 5. The molecular formula is C16H18ClNO2. The van der Waals surface area contributed by atoms with Crippen LogP contribution in [0.15, 0.2) is 34.7 Å². The molecule has 0 saturated carbocycles. The molecule has 0 saturated heterocycles. The van der Waals surface area contributed by atoms with Crippen molar-refractivity contribution in [1.82, 2.24) is 5.32 Å². The Hall–Kier alpha value is -1.74. The number of benzene rings is 1. The van der Waals surface area contributed by atoms with Crippen LogP contribution in [0.4, 0.5) is 0 Å². The molecule has 1 heterocycles. The zero-order chi connectivity index (χ0) is 14.5. The third-order valence-electron chi connectivity index (χ3n) is 3.33. The molecule has 0 aliphatic heterocycles. The van der Waals surface area contributed by atoms with Gasteiger partial charge in [-0.25, -0.2) is 0 Å². The molecule has 2 rings (SSSR count). The number of carbonyl (C=O) groups excluding carboxylic acids is 1. The van der Waals surface area contributed by atoms with Crippen molar-refractivity contribution in [2.45, 2.75) is 26.1 Å². The predicted octanol–water partition coefficient (Wildman–Crippen LogP) is 3.61. The first-order chi connectivity index (χ1) is 9.61. The highest BCUT2D eigenvalue weighted by molar-refractivity contribution is 6.17. The van der Waals surface area contributed by atoms with E-state index in [-0.39, 0.29) is 5.91 Å². The van der Waals surface area contributed by atoms with Crippen molar-refractivity contribution in [2.75, 3.05) is 6.54 Å². The molecule has 0 aliphatic rings. The zero-order valence-electron chi connectivity index (χ0n) is 11.7. The monoisotopic (exact) mass is 291 g/mol. The van der Waals surface area contributed by atoms with E-state index in [1.54, 1.807) is 6.07 Å². The van der Waals surface area contributed by atoms with E-state index in [1.165, 1.54) is 11.1 Å². The van der Waals surface area contributed by atoms with Crippen LogP contribution in [0.3, 0.4) is 0 Å². The number of hydrogen-bond acceptors (Lipinski definition) is 2. The molecule has 0 fully saturated rings. The third kappa shape index (κ3) is 3.42. The molecular weight excluding hydrogens is 274 g/mol. The van der Waals surface area contributed by atoms with E-state index in [9.17, 15) is 4.79 Å². The van der Waals surface area contributed by atoms with Gasteiger partial charge < -0.3 is 9.73 Å². The van der Waals surface area contributed by atoms with Crippen molar-refractivity contribution < 1.29 is 9.21 Å². The Morgan fingerprint density at radius 2 is 2.00 bits per heavy atom. The molecule has 4 heteroatoms. The number of hydrogen-bond donors (Lipinski definition) is 1. The van der Waals surface area contributed by atoms with E-state index in [2.05, 4.69) is 24.4 Å². The fourth-order valence-electron chi connectivity index (χ4n) is 2.05. The first-order valence-electron chi connectivity index (χ1n) is 6.59. The van der Waals surface area contributed by atoms with Crippen LogP contribution < -0.4 is 5.32 Å². The molecule has 0 aliphatic carbocycles. The molecule has 0 radical (unpaired) electrons. The number of furan rings is 1. The Balaban J connectivity index is 1.91. The van der Waals surface area contributed by atoms with Gasteiger partial charge in [-0.15, -0.1) is 11.6 Å². The standard InChI is InChI=1S/C16H18ClNO2/c1-11-5-3-4-6-13(11)7-8-18-16(19)15-9-14(10-17)12(2)20-15/h3-6,9H,7-8,10H2,1-2H3,(H,18,19). The van der Waals surface area contributed by atoms with Crippen molar-refractivity contribution in [1.29, 1.82) is 0 Å². The average Bonchev–Trinajstić information content (AvgIpc) is 2.82. The molecule has 1 amide bonds. The molecule has 20 heavy (non-hydrogen) atoms. The Morgan fingerprint density at radius 3 is 2.65 bits per heavy atom. The molecule has 1 aromatic heterocycles. The second-order valence-electron chi connectivity index (χ2n) is 4.76. The first kappa shape index (κ1) is 14.7. The lowest BCUT2D eigenvalue weighted by molar-refractivity contribution is 0.0925. The number of nitrogens with one attached hydrogen (secondary N) is 1. The summed E-state index contributed by atoms with van der Waals surface area (Å²) < 4.78 is 5.40. The molecule has 3 nitrogen and oxygen atoms in total. The average molecular weight is 292 g/mol. The zero-order valence-corrected chi connectivity index (χ0v) is 12.5. The number of aryl methyl sites for hydroxylation is 2. The highest BCUT2D eigenvalue weighted by Gasteiger charge is 2.13. The minimum atomic E-state index is -0.196. The summed E-state index contributed by atoms with van der Waals surface area (Å²) in [6, 6.07) is 9.86. The summed E-state index contributed by atoms with van der Waals surface area (Å²) in [4.78, 5) is 12.0. The number of amides is 1. The summed E-state index contributed by atoms with van der Waals surface area (Å²) in [5.74, 6) is 1.18. The van der Waals surface area contributed by atoms with Crippen LogP contribution in [0.2, 0.25) is 0 Å². The normalized spacial score (nSPS) is 10.6. The Bertz CT molecular complexity index is 604. The molecule has 2 aromatic rings. The summed E-state index contributed by atoms with van der Waals surface area (Å²) in [5.41, 5.74) is 3.33. The van der Waals surface area contributed by atoms with Crippen molar-refractivity contribution in [3.63, 3.8) is 0 Å². The Kier molecular flexibility index (Phi) is 4.85. The van der Waals surface area contributed by atoms with Crippen LogP contribution in [0.25, 0.3) is 0 Å². The largest absolute Gasteiger partial charge is 0.456 e. The van der Waals surface area contributed by atoms with Gasteiger partial charge in [0.15, 0.2) is 5.76 Å². The lowest BCUT2D eigenvalue weighted by Crippen LogP contribution is -2.25. The van der Waals surface area contributed by atoms with Crippen molar-refractivity contribution >= 4 is 17.5 Å². The maximum atomic E-state index is 12.0. The van der Waals surface area contributed by atoms with E-state index in [0.29, 0.717) is 23.9 Å². The van der Waals surface area contributed by atoms with Crippen LogP contribution in [-0.4, -0.2) is 12.5 Å². The van der Waals surface area contributed by atoms with Gasteiger partial charge in [-0.05, 0) is 37.5 Å². The van der Waals surface area contributed by atoms with E-state index < -0.39 is 0 Å². The molecule has 106 valence electrons. The highest BCUT2D eigenvalue weighted by Crippen LogP contribution is 2.16. The minimum Gasteiger partial charge on any atom is -0.456 e. The van der Waals surface area contributed by atoms with Crippen LogP contribution in [-0.2, 0) is 12.3 Å². The lowest BCUT2D eigenvalue weighted by atomic mass is 10.1. The van der Waals surface area contributed by atoms with Crippen LogP contribution in [0.1, 0.15) is 33.0 Å². The van der Waals surface area contributed by atoms with Gasteiger partial charge in [-0.3, -0.25) is 4.79 Å². The second kappa shape index (κ2) is 6.62. The van der Waals surface area contributed by atoms with Crippen LogP contribution in [0.5, 0.6) is 0 Å². The third-order valence-corrected chi connectivity index (χ3v) is 3.62. The molecule has 0 spiro atoms. The van der Waals surface area contributed by atoms with E-state index in [4.69, 9.17) is 16.0 Å². The Morgan fingerprint density at radius 1 is 1.25 bits per heavy atom. The first-order valence-corrected chi connectivity index (χ1v) is 7.13. The fourth-order valence-corrected chi connectivity index (χ4v) is 2.32. The summed E-state index contributed by atoms with van der Waals surface area (Å²) in [5, 5.41) is 2.86. The van der Waals surface area contributed by atoms with Gasteiger partial charge in [0.2, 0.25) is 0 Å². The molecule has 0 unspecified atom stereocenters. The van der Waals surface area contributed by atoms with Crippen LogP contribution >= 0.6 is 11.6 Å². The maximum absolute atomic E-state index is 12.0. The van der Waals surface area contributed by atoms with Crippen molar-refractivity contribution in [3.05, 3.63) is 58.5 Å². The quantitative estimate of drug-likeness (QED) is 0.855. The van der Waals surface area contributed by atoms with Gasteiger partial charge in [0.05, 0.1) is 5.88 Å². The minimum absolute atomic E-state index is 0.196. The number of alkyl halides is 1. The molecule has 1 N–H and O–H groups in total. The molecule has 0 atom stereocenters. The van der Waals surface area contributed by atoms with Gasteiger partial charge >= 0.3 is 0 Å². The van der Waals surface area contributed by atoms with E-state index in [1.807, 2.05) is 19.1 Å². The summed E-state index contributed by atoms with van der Waals surface area (Å²) in [6.45, 7) is 4.46. The van der Waals surface area contributed by atoms with Gasteiger partial charge in [-0.1, -0.05) is 24.3 Å². The van der Waals surface area contributed by atoms with Gasteiger partial charge in [0.1, 0.15) is 5.76 Å². The Labute approximate surface area is 123 Å². The summed E-state index contributed by atoms with van der Waals surface area (Å²) in [6.07, 6.45) is 0.806. The topological polar surface area (TPSA) is 42.2 Å². The highest BCUT2D eigenvalue weighted by atomic mass is 35.5. The predicted molar refractivity (Wildman–Crippen MR) is 80.2 cm³/mol. The fraction of sp³-hybridized carbons (Fsp3) is 0.312. The summed E-state index contributed by atoms with van der Waals surface area (Å²) in [7, 11) is 0. The molecule has 1 aromatic carbocycles.